The van der Waals surface area contributed by atoms with Crippen LogP contribution in [0.1, 0.15) is 44.1 Å². The first kappa shape index (κ1) is 13.0. The number of para-hydroxylation sites is 1. The van der Waals surface area contributed by atoms with E-state index in [1.165, 1.54) is 38.5 Å². The van der Waals surface area contributed by atoms with Crippen molar-refractivity contribution in [3.63, 3.8) is 0 Å². The molecule has 4 bridgehead atoms. The molecule has 4 fully saturated rings. The van der Waals surface area contributed by atoms with Gasteiger partial charge in [0.1, 0.15) is 5.75 Å². The monoisotopic (exact) mass is 297 g/mol. The fourth-order valence-electron chi connectivity index (χ4n) is 5.93. The molecule has 0 spiro atoms. The molecule has 1 heterocycles. The lowest BCUT2D eigenvalue weighted by Gasteiger charge is -2.57. The van der Waals surface area contributed by atoms with Crippen LogP contribution in [-0.2, 0) is 11.2 Å². The molecule has 6 rings (SSSR count). The van der Waals surface area contributed by atoms with Crippen LogP contribution in [0.4, 0.5) is 0 Å². The van der Waals surface area contributed by atoms with Crippen molar-refractivity contribution in [2.75, 3.05) is 0 Å². The first-order valence-corrected chi connectivity index (χ1v) is 8.76. The zero-order chi connectivity index (χ0) is 14.7. The van der Waals surface area contributed by atoms with E-state index < -0.39 is 0 Å². The van der Waals surface area contributed by atoms with Crippen LogP contribution in [0, 0.1) is 17.8 Å². The van der Waals surface area contributed by atoms with Crippen LogP contribution in [0.5, 0.6) is 5.75 Å². The average Bonchev–Trinajstić information content (AvgIpc) is 2.89. The Bertz CT molecular complexity index is 563. The number of fused-ring (bicyclic) bond motifs is 1. The number of amides is 1. The van der Waals surface area contributed by atoms with Crippen molar-refractivity contribution >= 4 is 5.91 Å². The molecule has 1 aromatic carbocycles. The summed E-state index contributed by atoms with van der Waals surface area (Å²) in [6.45, 7) is 0. The van der Waals surface area contributed by atoms with Crippen molar-refractivity contribution in [2.45, 2.75) is 56.6 Å². The number of rotatable bonds is 2. The van der Waals surface area contributed by atoms with E-state index in [1.807, 2.05) is 18.2 Å². The van der Waals surface area contributed by atoms with E-state index in [1.54, 1.807) is 0 Å². The smallest absolute Gasteiger partial charge is 0.261 e. The summed E-state index contributed by atoms with van der Waals surface area (Å²) in [5.74, 6) is 3.56. The fraction of sp³-hybridized carbons (Fsp3) is 0.632. The van der Waals surface area contributed by atoms with Gasteiger partial charge in [0.2, 0.25) is 0 Å². The van der Waals surface area contributed by atoms with Crippen LogP contribution in [0.2, 0.25) is 0 Å². The Morgan fingerprint density at radius 3 is 2.32 bits per heavy atom. The van der Waals surface area contributed by atoms with Crippen LogP contribution in [0.3, 0.4) is 0 Å². The third kappa shape index (κ3) is 1.98. The maximum Gasteiger partial charge on any atom is 0.261 e. The zero-order valence-corrected chi connectivity index (χ0v) is 12.9. The summed E-state index contributed by atoms with van der Waals surface area (Å²) in [4.78, 5) is 12.8. The Morgan fingerprint density at radius 2 is 1.68 bits per heavy atom. The Morgan fingerprint density at radius 1 is 1.05 bits per heavy atom. The lowest BCUT2D eigenvalue weighted by molar-refractivity contribution is -0.133. The van der Waals surface area contributed by atoms with Gasteiger partial charge in [0.05, 0.1) is 0 Å². The van der Waals surface area contributed by atoms with Crippen molar-refractivity contribution in [3.8, 4) is 5.75 Å². The number of hydrogen-bond donors (Lipinski definition) is 1. The molecule has 0 unspecified atom stereocenters. The number of carbonyl (C=O) groups excluding carboxylic acids is 1. The molecule has 22 heavy (non-hydrogen) atoms. The second kappa shape index (κ2) is 4.50. The molecule has 1 N–H and O–H groups in total. The number of hydrogen-bond acceptors (Lipinski definition) is 2. The second-order valence-electron chi connectivity index (χ2n) is 8.11. The summed E-state index contributed by atoms with van der Waals surface area (Å²) in [5, 5.41) is 3.44. The summed E-state index contributed by atoms with van der Waals surface area (Å²) < 4.78 is 5.87. The van der Waals surface area contributed by atoms with E-state index in [0.717, 1.165) is 29.1 Å². The maximum absolute atomic E-state index is 12.8. The predicted molar refractivity (Wildman–Crippen MR) is 83.6 cm³/mol. The molecule has 1 atom stereocenters. The van der Waals surface area contributed by atoms with Gasteiger partial charge < -0.3 is 10.1 Å². The minimum Gasteiger partial charge on any atom is -0.480 e. The van der Waals surface area contributed by atoms with Gasteiger partial charge in [0, 0.05) is 12.0 Å². The standard InChI is InChI=1S/C19H23NO2/c21-18(17-8-15-3-1-2-4-16(15)22-17)20-19-9-12-5-13(10-19)7-14(6-12)11-19/h1-4,12-14,17H,5-11H2,(H,20,21)/t12?,13?,14?,17-,19?/m0/s1. The summed E-state index contributed by atoms with van der Waals surface area (Å²) in [5.41, 5.74) is 1.25. The number of ether oxygens (including phenoxy) is 1. The van der Waals surface area contributed by atoms with Crippen LogP contribution in [0.15, 0.2) is 24.3 Å². The van der Waals surface area contributed by atoms with Gasteiger partial charge in [0.15, 0.2) is 6.10 Å². The highest BCUT2D eigenvalue weighted by Crippen LogP contribution is 2.55. The SMILES string of the molecule is O=C(NC12CC3CC(CC(C3)C1)C2)[C@@H]1Cc2ccccc2O1. The van der Waals surface area contributed by atoms with Crippen molar-refractivity contribution in [2.24, 2.45) is 17.8 Å². The minimum atomic E-state index is -0.328. The maximum atomic E-state index is 12.8. The lowest BCUT2D eigenvalue weighted by atomic mass is 9.53. The topological polar surface area (TPSA) is 38.3 Å². The highest BCUT2D eigenvalue weighted by atomic mass is 16.5. The van der Waals surface area contributed by atoms with Crippen molar-refractivity contribution < 1.29 is 9.53 Å². The second-order valence-corrected chi connectivity index (χ2v) is 8.11. The molecule has 0 saturated heterocycles. The summed E-state index contributed by atoms with van der Waals surface area (Å²) in [7, 11) is 0. The Labute approximate surface area is 131 Å². The van der Waals surface area contributed by atoms with Gasteiger partial charge in [-0.2, -0.15) is 0 Å². The molecule has 116 valence electrons. The molecule has 1 aliphatic heterocycles. The number of nitrogens with one attached hydrogen (secondary N) is 1. The van der Waals surface area contributed by atoms with E-state index in [9.17, 15) is 4.79 Å². The van der Waals surface area contributed by atoms with E-state index in [2.05, 4.69) is 11.4 Å². The van der Waals surface area contributed by atoms with Crippen LogP contribution in [-0.4, -0.2) is 17.6 Å². The molecule has 3 nitrogen and oxygen atoms in total. The van der Waals surface area contributed by atoms with E-state index >= 15 is 0 Å². The van der Waals surface area contributed by atoms with Gasteiger partial charge in [-0.05, 0) is 67.9 Å². The quantitative estimate of drug-likeness (QED) is 0.911. The third-order valence-electron chi connectivity index (χ3n) is 6.37. The molecule has 1 aromatic rings. The third-order valence-corrected chi connectivity index (χ3v) is 6.37. The number of carbonyl (C=O) groups is 1. The first-order valence-electron chi connectivity index (χ1n) is 8.76. The molecule has 4 saturated carbocycles. The molecular weight excluding hydrogens is 274 g/mol. The summed E-state index contributed by atoms with van der Waals surface area (Å²) in [6.07, 6.45) is 8.19. The predicted octanol–water partition coefficient (Wildman–Crippen LogP) is 3.08. The Balaban J connectivity index is 1.32. The molecule has 0 aromatic heterocycles. The zero-order valence-electron chi connectivity index (χ0n) is 12.9. The van der Waals surface area contributed by atoms with Crippen LogP contribution >= 0.6 is 0 Å². The minimum absolute atomic E-state index is 0.0873. The van der Waals surface area contributed by atoms with E-state index in [0.29, 0.717) is 6.42 Å². The highest BCUT2D eigenvalue weighted by Gasteiger charge is 2.52. The van der Waals surface area contributed by atoms with Crippen molar-refractivity contribution in [1.29, 1.82) is 0 Å². The highest BCUT2D eigenvalue weighted by molar-refractivity contribution is 5.83. The number of benzene rings is 1. The van der Waals surface area contributed by atoms with Crippen molar-refractivity contribution in [3.05, 3.63) is 29.8 Å². The van der Waals surface area contributed by atoms with E-state index in [4.69, 9.17) is 4.74 Å². The Hall–Kier alpha value is -1.51. The average molecular weight is 297 g/mol. The fourth-order valence-corrected chi connectivity index (χ4v) is 5.93. The molecule has 3 heteroatoms. The molecule has 0 radical (unpaired) electrons. The van der Waals surface area contributed by atoms with Gasteiger partial charge in [0.25, 0.3) is 5.91 Å². The van der Waals surface area contributed by atoms with Gasteiger partial charge in [-0.1, -0.05) is 18.2 Å². The normalized spacial score (nSPS) is 41.1. The van der Waals surface area contributed by atoms with E-state index in [-0.39, 0.29) is 17.6 Å². The molecule has 4 aliphatic carbocycles. The summed E-state index contributed by atoms with van der Waals surface area (Å²) >= 11 is 0. The summed E-state index contributed by atoms with van der Waals surface area (Å²) in [6, 6.07) is 8.01. The molecule has 1 amide bonds. The van der Waals surface area contributed by atoms with Gasteiger partial charge >= 0.3 is 0 Å². The largest absolute Gasteiger partial charge is 0.480 e. The lowest BCUT2D eigenvalue weighted by Crippen LogP contribution is -2.61. The van der Waals surface area contributed by atoms with Crippen LogP contribution < -0.4 is 10.1 Å². The van der Waals surface area contributed by atoms with Crippen molar-refractivity contribution in [1.82, 2.24) is 5.32 Å². The van der Waals surface area contributed by atoms with Gasteiger partial charge in [-0.15, -0.1) is 0 Å². The van der Waals surface area contributed by atoms with Gasteiger partial charge in [-0.3, -0.25) is 4.79 Å². The van der Waals surface area contributed by atoms with Crippen LogP contribution in [0.25, 0.3) is 0 Å². The Kier molecular flexibility index (Phi) is 2.65. The van der Waals surface area contributed by atoms with Gasteiger partial charge in [-0.25, -0.2) is 0 Å². The molecular formula is C19H23NO2. The molecule has 5 aliphatic rings. The first-order chi connectivity index (χ1) is 10.7.